The molecule has 0 bridgehead atoms. The minimum atomic E-state index is -0.851. The van der Waals surface area contributed by atoms with Crippen LogP contribution in [0.15, 0.2) is 0 Å². The van der Waals surface area contributed by atoms with Crippen LogP contribution in [0.3, 0.4) is 0 Å². The van der Waals surface area contributed by atoms with Crippen LogP contribution in [-0.2, 0) is 14.3 Å². The van der Waals surface area contributed by atoms with E-state index >= 15 is 0 Å². The zero-order chi connectivity index (χ0) is 13.7. The van der Waals surface area contributed by atoms with Crippen LogP contribution >= 0.6 is 0 Å². The number of rotatable bonds is 6. The molecule has 0 aromatic rings. The number of hydrogen-bond acceptors (Lipinski definition) is 3. The van der Waals surface area contributed by atoms with Crippen molar-refractivity contribution in [1.82, 2.24) is 0 Å². The molecular weight excluding hydrogens is 222 g/mol. The largest absolute Gasteiger partial charge is 0.477 e. The van der Waals surface area contributed by atoms with Crippen molar-refractivity contribution < 1.29 is 23.9 Å². The minimum absolute atomic E-state index is 0.0246. The number of carboxylic acid groups (broad SMARTS) is 1. The Bertz CT molecular complexity index is 279. The van der Waals surface area contributed by atoms with E-state index in [1.807, 2.05) is 20.8 Å². The zero-order valence-corrected chi connectivity index (χ0v) is 11.4. The van der Waals surface area contributed by atoms with Crippen molar-refractivity contribution >= 4 is 11.9 Å². The molecule has 17 heavy (non-hydrogen) atoms. The van der Waals surface area contributed by atoms with Crippen molar-refractivity contribution in [2.45, 2.75) is 27.2 Å². The van der Waals surface area contributed by atoms with Crippen molar-refractivity contribution in [1.29, 1.82) is 0 Å². The number of carboxylic acids is 1. The van der Waals surface area contributed by atoms with Crippen molar-refractivity contribution in [3.8, 4) is 0 Å². The molecule has 0 saturated heterocycles. The predicted molar refractivity (Wildman–Crippen MR) is 64.5 cm³/mol. The predicted octanol–water partition coefficient (Wildman–Crippen LogP) is 1.13. The Hall–Kier alpha value is -1.10. The van der Waals surface area contributed by atoms with Gasteiger partial charge in [-0.05, 0) is 5.41 Å². The van der Waals surface area contributed by atoms with Crippen molar-refractivity contribution in [2.75, 3.05) is 33.8 Å². The molecule has 1 N–H and O–H groups in total. The zero-order valence-electron chi connectivity index (χ0n) is 11.4. The molecule has 0 aromatic carbocycles. The van der Waals surface area contributed by atoms with Crippen molar-refractivity contribution in [2.24, 2.45) is 5.41 Å². The topological polar surface area (TPSA) is 63.6 Å². The first-order valence-electron chi connectivity index (χ1n) is 5.71. The van der Waals surface area contributed by atoms with Gasteiger partial charge in [0.05, 0.1) is 20.5 Å². The Morgan fingerprint density at radius 1 is 1.24 bits per heavy atom. The number of carbonyl (C=O) groups is 2. The van der Waals surface area contributed by atoms with Gasteiger partial charge in [0.15, 0.2) is 6.54 Å². The highest BCUT2D eigenvalue weighted by Crippen LogP contribution is 2.18. The van der Waals surface area contributed by atoms with E-state index in [1.54, 1.807) is 14.1 Å². The van der Waals surface area contributed by atoms with Gasteiger partial charge in [0.1, 0.15) is 13.2 Å². The first-order chi connectivity index (χ1) is 7.52. The maximum atomic E-state index is 11.4. The van der Waals surface area contributed by atoms with Gasteiger partial charge in [0.25, 0.3) is 0 Å². The Morgan fingerprint density at radius 2 is 1.76 bits per heavy atom. The number of nitrogens with zero attached hydrogens (tertiary/aromatic N) is 1. The van der Waals surface area contributed by atoms with Crippen LogP contribution in [0.2, 0.25) is 0 Å². The van der Waals surface area contributed by atoms with Gasteiger partial charge in [-0.15, -0.1) is 0 Å². The van der Waals surface area contributed by atoms with Crippen molar-refractivity contribution in [3.63, 3.8) is 0 Å². The van der Waals surface area contributed by atoms with E-state index in [4.69, 9.17) is 9.84 Å². The smallest absolute Gasteiger partial charge is 0.359 e. The summed E-state index contributed by atoms with van der Waals surface area (Å²) in [6.45, 7) is 6.70. The Labute approximate surface area is 103 Å². The highest BCUT2D eigenvalue weighted by Gasteiger charge is 2.21. The van der Waals surface area contributed by atoms with Gasteiger partial charge in [0, 0.05) is 0 Å². The lowest BCUT2D eigenvalue weighted by Crippen LogP contribution is -2.46. The van der Waals surface area contributed by atoms with E-state index in [0.29, 0.717) is 17.4 Å². The van der Waals surface area contributed by atoms with Gasteiger partial charge in [0.2, 0.25) is 0 Å². The Kier molecular flexibility index (Phi) is 5.61. The second kappa shape index (κ2) is 6.00. The number of quaternary nitrogens is 1. The average Bonchev–Trinajstić information content (AvgIpc) is 1.95. The summed E-state index contributed by atoms with van der Waals surface area (Å²) >= 11 is 0. The van der Waals surface area contributed by atoms with E-state index in [9.17, 15) is 9.59 Å². The molecule has 0 atom stereocenters. The van der Waals surface area contributed by atoms with E-state index in [2.05, 4.69) is 0 Å². The molecule has 0 aliphatic heterocycles. The molecule has 0 fully saturated rings. The lowest BCUT2D eigenvalue weighted by Gasteiger charge is -2.27. The van der Waals surface area contributed by atoms with Gasteiger partial charge >= 0.3 is 11.9 Å². The number of aliphatic carboxylic acids is 1. The standard InChI is InChI=1S/C12H23NO4/c1-12(2,3)8-11(16)17-7-6-13(4,5)9-10(14)15/h6-9H2,1-5H3/p+1. The van der Waals surface area contributed by atoms with Crippen LogP contribution in [0, 0.1) is 5.41 Å². The molecule has 0 spiro atoms. The van der Waals surface area contributed by atoms with Gasteiger partial charge in [-0.3, -0.25) is 4.79 Å². The van der Waals surface area contributed by atoms with E-state index in [-0.39, 0.29) is 24.5 Å². The lowest BCUT2D eigenvalue weighted by atomic mass is 9.93. The fourth-order valence-electron chi connectivity index (χ4n) is 1.34. The van der Waals surface area contributed by atoms with Crippen LogP contribution in [0.1, 0.15) is 27.2 Å². The molecule has 0 radical (unpaired) electrons. The Morgan fingerprint density at radius 3 is 2.18 bits per heavy atom. The molecule has 5 heteroatoms. The van der Waals surface area contributed by atoms with Gasteiger partial charge in [-0.25, -0.2) is 4.79 Å². The Balaban J connectivity index is 3.91. The summed E-state index contributed by atoms with van der Waals surface area (Å²) in [5.41, 5.74) is -0.0808. The van der Waals surface area contributed by atoms with Gasteiger partial charge in [-0.1, -0.05) is 20.8 Å². The summed E-state index contributed by atoms with van der Waals surface area (Å²) in [4.78, 5) is 22.0. The SMILES string of the molecule is CC(C)(C)CC(=O)OCC[N+](C)(C)CC(=O)O. The van der Waals surface area contributed by atoms with Crippen LogP contribution in [0.25, 0.3) is 0 Å². The van der Waals surface area contributed by atoms with E-state index < -0.39 is 5.97 Å². The molecular formula is C12H24NO4+. The normalized spacial score (nSPS) is 12.3. The molecule has 0 amide bonds. The fraction of sp³-hybridized carbons (Fsp3) is 0.833. The third-order valence-corrected chi connectivity index (χ3v) is 2.20. The number of hydrogen-bond donors (Lipinski definition) is 1. The molecule has 0 aliphatic rings. The highest BCUT2D eigenvalue weighted by atomic mass is 16.5. The summed E-state index contributed by atoms with van der Waals surface area (Å²) in [5, 5.41) is 8.69. The maximum Gasteiger partial charge on any atom is 0.359 e. The van der Waals surface area contributed by atoms with E-state index in [0.717, 1.165) is 0 Å². The third-order valence-electron chi connectivity index (χ3n) is 2.20. The number of ether oxygens (including phenoxy) is 1. The van der Waals surface area contributed by atoms with Gasteiger partial charge < -0.3 is 14.3 Å². The quantitative estimate of drug-likeness (QED) is 0.563. The van der Waals surface area contributed by atoms with Crippen molar-refractivity contribution in [3.05, 3.63) is 0 Å². The minimum Gasteiger partial charge on any atom is -0.477 e. The van der Waals surface area contributed by atoms with E-state index in [1.165, 1.54) is 0 Å². The number of esters is 1. The molecule has 5 nitrogen and oxygen atoms in total. The average molecular weight is 246 g/mol. The molecule has 0 heterocycles. The first-order valence-corrected chi connectivity index (χ1v) is 5.71. The second-order valence-corrected chi connectivity index (χ2v) is 6.17. The van der Waals surface area contributed by atoms with Crippen LogP contribution < -0.4 is 0 Å². The van der Waals surface area contributed by atoms with Crippen LogP contribution in [0.4, 0.5) is 0 Å². The maximum absolute atomic E-state index is 11.4. The molecule has 0 rings (SSSR count). The van der Waals surface area contributed by atoms with Crippen LogP contribution in [0.5, 0.6) is 0 Å². The fourth-order valence-corrected chi connectivity index (χ4v) is 1.34. The summed E-state index contributed by atoms with van der Waals surface area (Å²) in [6, 6.07) is 0. The molecule has 0 aromatic heterocycles. The molecule has 100 valence electrons. The highest BCUT2D eigenvalue weighted by molar-refractivity contribution is 5.70. The number of likely N-dealkylation sites (N-methyl/N-ethyl adjacent to an activating group) is 1. The summed E-state index contributed by atoms with van der Waals surface area (Å²) in [7, 11) is 3.59. The first kappa shape index (κ1) is 15.9. The number of carbonyl (C=O) groups excluding carboxylic acids is 1. The molecule has 0 aliphatic carbocycles. The third kappa shape index (κ3) is 9.81. The summed E-state index contributed by atoms with van der Waals surface area (Å²) in [6.07, 6.45) is 0.374. The summed E-state index contributed by atoms with van der Waals surface area (Å²) < 4.78 is 5.39. The van der Waals surface area contributed by atoms with Gasteiger partial charge in [-0.2, -0.15) is 0 Å². The lowest BCUT2D eigenvalue weighted by molar-refractivity contribution is -0.883. The molecule has 0 saturated carbocycles. The van der Waals surface area contributed by atoms with Crippen LogP contribution in [-0.4, -0.2) is 55.3 Å². The molecule has 0 unspecified atom stereocenters. The summed E-state index contributed by atoms with van der Waals surface area (Å²) in [5.74, 6) is -1.08. The monoisotopic (exact) mass is 246 g/mol. The second-order valence-electron chi connectivity index (χ2n) is 6.17.